The van der Waals surface area contributed by atoms with Gasteiger partial charge < -0.3 is 10.2 Å². The lowest BCUT2D eigenvalue weighted by molar-refractivity contribution is -0.917. The second-order valence-electron chi connectivity index (χ2n) is 8.15. The largest absolute Gasteiger partial charge is 0.350 e. The number of carbonyl (C=O) groups is 1. The van der Waals surface area contributed by atoms with Crippen LogP contribution in [-0.2, 0) is 14.8 Å². The summed E-state index contributed by atoms with van der Waals surface area (Å²) >= 11 is 0. The Balaban J connectivity index is 1.51. The summed E-state index contributed by atoms with van der Waals surface area (Å²) in [5.74, 6) is 0.261. The molecular formula is C23H32N3O3S+. The molecule has 162 valence electrons. The second-order valence-corrected chi connectivity index (χ2v) is 10.1. The quantitative estimate of drug-likeness (QED) is 0.693. The monoisotopic (exact) mass is 430 g/mol. The summed E-state index contributed by atoms with van der Waals surface area (Å²) < 4.78 is 27.2. The van der Waals surface area contributed by atoms with Crippen LogP contribution < -0.4 is 10.2 Å². The van der Waals surface area contributed by atoms with Gasteiger partial charge in [0.1, 0.15) is 0 Å². The average molecular weight is 431 g/mol. The Morgan fingerprint density at radius 3 is 2.23 bits per heavy atom. The summed E-state index contributed by atoms with van der Waals surface area (Å²) in [5.41, 5.74) is 2.23. The van der Waals surface area contributed by atoms with E-state index in [9.17, 15) is 13.2 Å². The Kier molecular flexibility index (Phi) is 7.28. The van der Waals surface area contributed by atoms with E-state index in [4.69, 9.17) is 0 Å². The van der Waals surface area contributed by atoms with Crippen LogP contribution in [-0.4, -0.2) is 57.4 Å². The number of amides is 1. The number of piperazine rings is 1. The first-order chi connectivity index (χ1) is 14.3. The molecule has 2 N–H and O–H groups in total. The maximum atomic E-state index is 12.9. The van der Waals surface area contributed by atoms with E-state index in [2.05, 4.69) is 24.4 Å². The van der Waals surface area contributed by atoms with E-state index in [1.165, 1.54) is 9.87 Å². The van der Waals surface area contributed by atoms with Gasteiger partial charge in [-0.1, -0.05) is 55.0 Å². The highest BCUT2D eigenvalue weighted by atomic mass is 32.2. The van der Waals surface area contributed by atoms with Crippen molar-refractivity contribution in [3.8, 4) is 0 Å². The Labute approximate surface area is 179 Å². The minimum atomic E-state index is -3.48. The summed E-state index contributed by atoms with van der Waals surface area (Å²) in [5, 5.41) is 3.06. The van der Waals surface area contributed by atoms with E-state index in [-0.39, 0.29) is 17.9 Å². The van der Waals surface area contributed by atoms with Crippen LogP contribution in [0.15, 0.2) is 59.5 Å². The lowest BCUT2D eigenvalue weighted by Gasteiger charge is -2.34. The zero-order valence-corrected chi connectivity index (χ0v) is 18.8. The molecule has 6 nitrogen and oxygen atoms in total. The van der Waals surface area contributed by atoms with E-state index in [1.54, 1.807) is 12.1 Å². The van der Waals surface area contributed by atoms with Gasteiger partial charge in [0.2, 0.25) is 10.0 Å². The van der Waals surface area contributed by atoms with Crippen molar-refractivity contribution in [1.82, 2.24) is 9.62 Å². The Morgan fingerprint density at radius 1 is 1.03 bits per heavy atom. The van der Waals surface area contributed by atoms with Crippen LogP contribution in [0.1, 0.15) is 30.9 Å². The van der Waals surface area contributed by atoms with Crippen molar-refractivity contribution in [3.05, 3.63) is 65.7 Å². The molecule has 1 amide bonds. The molecule has 1 saturated heterocycles. The molecule has 0 saturated carbocycles. The van der Waals surface area contributed by atoms with Gasteiger partial charge in [-0.25, -0.2) is 8.42 Å². The van der Waals surface area contributed by atoms with Crippen LogP contribution in [0.2, 0.25) is 0 Å². The van der Waals surface area contributed by atoms with Crippen molar-refractivity contribution < 1.29 is 18.1 Å². The van der Waals surface area contributed by atoms with Gasteiger partial charge in [-0.15, -0.1) is 0 Å². The molecule has 1 heterocycles. The van der Waals surface area contributed by atoms with Crippen molar-refractivity contribution in [2.45, 2.75) is 37.6 Å². The van der Waals surface area contributed by atoms with Gasteiger partial charge >= 0.3 is 0 Å². The number of hydrogen-bond donors (Lipinski definition) is 2. The highest BCUT2D eigenvalue weighted by Crippen LogP contribution is 2.16. The molecule has 0 unspecified atom stereocenters. The van der Waals surface area contributed by atoms with E-state index in [1.807, 2.05) is 44.2 Å². The predicted octanol–water partition coefficient (Wildman–Crippen LogP) is 1.19. The highest BCUT2D eigenvalue weighted by molar-refractivity contribution is 7.89. The number of sulfonamides is 1. The van der Waals surface area contributed by atoms with E-state index >= 15 is 0 Å². The summed E-state index contributed by atoms with van der Waals surface area (Å²) in [6, 6.07) is 16.9. The maximum Gasteiger partial charge on any atom is 0.278 e. The number of nitrogens with zero attached hydrogens (tertiary/aromatic N) is 1. The molecule has 2 atom stereocenters. The number of rotatable bonds is 7. The van der Waals surface area contributed by atoms with Crippen molar-refractivity contribution >= 4 is 15.9 Å². The minimum Gasteiger partial charge on any atom is -0.350 e. The molecule has 1 aliphatic heterocycles. The standard InChI is InChI=1S/C23H31N3O3S/c1-18-9-11-22(12-10-18)30(28,29)26-15-13-25(14-16-26)20(3)23(27)24-17-19(2)21-7-5-4-6-8-21/h4-12,19-20H,13-17H2,1-3H3,(H,24,27)/p+1/t19-,20-/m1/s1. The summed E-state index contributed by atoms with van der Waals surface area (Å²) in [6.45, 7) is 8.62. The summed E-state index contributed by atoms with van der Waals surface area (Å²) in [6.07, 6.45) is 0. The van der Waals surface area contributed by atoms with Gasteiger partial charge in [-0.2, -0.15) is 4.31 Å². The van der Waals surface area contributed by atoms with Gasteiger partial charge in [0.15, 0.2) is 6.04 Å². The first kappa shape index (κ1) is 22.5. The van der Waals surface area contributed by atoms with Crippen molar-refractivity contribution in [3.63, 3.8) is 0 Å². The number of aryl methyl sites for hydroxylation is 1. The summed E-state index contributed by atoms with van der Waals surface area (Å²) in [4.78, 5) is 14.1. The summed E-state index contributed by atoms with van der Waals surface area (Å²) in [7, 11) is -3.48. The molecular weight excluding hydrogens is 398 g/mol. The number of carbonyl (C=O) groups excluding carboxylic acids is 1. The fourth-order valence-corrected chi connectivity index (χ4v) is 5.24. The van der Waals surface area contributed by atoms with E-state index in [0.29, 0.717) is 37.6 Å². The number of nitrogens with one attached hydrogen (secondary N) is 2. The van der Waals surface area contributed by atoms with Gasteiger partial charge in [0.25, 0.3) is 5.91 Å². The second kappa shape index (κ2) is 9.73. The van der Waals surface area contributed by atoms with Crippen molar-refractivity contribution in [2.24, 2.45) is 0 Å². The zero-order valence-electron chi connectivity index (χ0n) is 18.0. The SMILES string of the molecule is Cc1ccc(S(=O)(=O)N2CC[NH+]([C@H](C)C(=O)NC[C@@H](C)c3ccccc3)CC2)cc1. The Bertz CT molecular complexity index is 937. The Morgan fingerprint density at radius 2 is 1.63 bits per heavy atom. The maximum absolute atomic E-state index is 12.9. The minimum absolute atomic E-state index is 0.0163. The van der Waals surface area contributed by atoms with Gasteiger partial charge in [0, 0.05) is 6.54 Å². The van der Waals surface area contributed by atoms with Crippen LogP contribution in [0.5, 0.6) is 0 Å². The smallest absolute Gasteiger partial charge is 0.278 e. The molecule has 2 aromatic rings. The molecule has 1 aliphatic rings. The number of quaternary nitrogens is 1. The molecule has 30 heavy (non-hydrogen) atoms. The molecule has 3 rings (SSSR count). The van der Waals surface area contributed by atoms with Gasteiger partial charge in [-0.3, -0.25) is 4.79 Å². The van der Waals surface area contributed by atoms with E-state index in [0.717, 1.165) is 10.5 Å². The van der Waals surface area contributed by atoms with Crippen molar-refractivity contribution in [1.29, 1.82) is 0 Å². The third-order valence-electron chi connectivity index (χ3n) is 5.98. The Hall–Kier alpha value is -2.22. The van der Waals surface area contributed by atoms with Crippen LogP contribution in [0.25, 0.3) is 0 Å². The fourth-order valence-electron chi connectivity index (χ4n) is 3.80. The number of benzene rings is 2. The first-order valence-electron chi connectivity index (χ1n) is 10.5. The highest BCUT2D eigenvalue weighted by Gasteiger charge is 2.34. The normalized spacial score (nSPS) is 18.0. The van der Waals surface area contributed by atoms with Gasteiger partial charge in [-0.05, 0) is 37.5 Å². The fraction of sp³-hybridized carbons (Fsp3) is 0.435. The lowest BCUT2D eigenvalue weighted by atomic mass is 10.0. The molecule has 0 aliphatic carbocycles. The lowest BCUT2D eigenvalue weighted by Crippen LogP contribution is -3.19. The zero-order chi connectivity index (χ0) is 21.7. The van der Waals surface area contributed by atoms with Crippen molar-refractivity contribution in [2.75, 3.05) is 32.7 Å². The van der Waals surface area contributed by atoms with Crippen LogP contribution in [0, 0.1) is 6.92 Å². The number of hydrogen-bond acceptors (Lipinski definition) is 3. The van der Waals surface area contributed by atoms with Crippen LogP contribution >= 0.6 is 0 Å². The molecule has 0 radical (unpaired) electrons. The van der Waals surface area contributed by atoms with Crippen LogP contribution in [0.4, 0.5) is 0 Å². The molecule has 7 heteroatoms. The first-order valence-corrected chi connectivity index (χ1v) is 12.0. The van der Waals surface area contributed by atoms with Crippen LogP contribution in [0.3, 0.4) is 0 Å². The predicted molar refractivity (Wildman–Crippen MR) is 118 cm³/mol. The van der Waals surface area contributed by atoms with Gasteiger partial charge in [0.05, 0.1) is 31.1 Å². The average Bonchev–Trinajstić information content (AvgIpc) is 2.77. The molecule has 0 aromatic heterocycles. The topological polar surface area (TPSA) is 70.9 Å². The molecule has 1 fully saturated rings. The molecule has 0 bridgehead atoms. The third-order valence-corrected chi connectivity index (χ3v) is 7.89. The third kappa shape index (κ3) is 5.28. The molecule has 0 spiro atoms. The molecule has 2 aromatic carbocycles. The van der Waals surface area contributed by atoms with E-state index < -0.39 is 10.0 Å².